The standard InChI is InChI=1S/C20H30N4O6S/c1-5-28-19(29-6-2)15-24-14-18(21-22-24)20(25)23(3)11-8-12-30-16-9-7-10-17(13-16)31(4,26)27/h7,9-10,13-14,19H,5-6,8,11-12,15H2,1-4H3. The molecule has 0 radical (unpaired) electrons. The molecule has 172 valence electrons. The molecule has 31 heavy (non-hydrogen) atoms. The van der Waals surface area contributed by atoms with Crippen LogP contribution in [0.1, 0.15) is 30.8 Å². The smallest absolute Gasteiger partial charge is 0.275 e. The number of hydrogen-bond donors (Lipinski definition) is 0. The van der Waals surface area contributed by atoms with Gasteiger partial charge in [-0.05, 0) is 38.5 Å². The van der Waals surface area contributed by atoms with Gasteiger partial charge in [0.15, 0.2) is 21.8 Å². The van der Waals surface area contributed by atoms with Gasteiger partial charge in [0.25, 0.3) is 5.91 Å². The molecule has 2 rings (SSSR count). The number of rotatable bonds is 13. The van der Waals surface area contributed by atoms with Gasteiger partial charge in [0.2, 0.25) is 0 Å². The van der Waals surface area contributed by atoms with Crippen molar-refractivity contribution in [2.45, 2.75) is 38.0 Å². The van der Waals surface area contributed by atoms with E-state index in [0.29, 0.717) is 45.1 Å². The van der Waals surface area contributed by atoms with E-state index in [0.717, 1.165) is 6.26 Å². The van der Waals surface area contributed by atoms with Crippen molar-refractivity contribution in [2.75, 3.05) is 39.7 Å². The van der Waals surface area contributed by atoms with Gasteiger partial charge in [0.05, 0.1) is 24.2 Å². The maximum atomic E-state index is 12.6. The third-order valence-electron chi connectivity index (χ3n) is 4.29. The van der Waals surface area contributed by atoms with E-state index in [4.69, 9.17) is 14.2 Å². The maximum absolute atomic E-state index is 12.6. The van der Waals surface area contributed by atoms with E-state index in [9.17, 15) is 13.2 Å². The molecule has 1 heterocycles. The summed E-state index contributed by atoms with van der Waals surface area (Å²) < 4.78 is 41.3. The lowest BCUT2D eigenvalue weighted by molar-refractivity contribution is -0.145. The Bertz CT molecular complexity index is 941. The summed E-state index contributed by atoms with van der Waals surface area (Å²) in [6.45, 7) is 5.89. The molecule has 0 saturated heterocycles. The van der Waals surface area contributed by atoms with Crippen LogP contribution in [0.15, 0.2) is 35.4 Å². The second-order valence-electron chi connectivity index (χ2n) is 6.84. The van der Waals surface area contributed by atoms with Crippen molar-refractivity contribution in [1.29, 1.82) is 0 Å². The first-order chi connectivity index (χ1) is 14.7. The number of sulfone groups is 1. The summed E-state index contributed by atoms with van der Waals surface area (Å²) in [4.78, 5) is 14.3. The Hall–Kier alpha value is -2.50. The van der Waals surface area contributed by atoms with E-state index in [-0.39, 0.29) is 16.5 Å². The van der Waals surface area contributed by atoms with Gasteiger partial charge in [-0.25, -0.2) is 13.1 Å². The molecule has 0 aliphatic heterocycles. The molecule has 0 atom stereocenters. The molecular weight excluding hydrogens is 424 g/mol. The van der Waals surface area contributed by atoms with Crippen molar-refractivity contribution in [3.05, 3.63) is 36.2 Å². The minimum absolute atomic E-state index is 0.205. The molecule has 1 amide bonds. The average molecular weight is 455 g/mol. The van der Waals surface area contributed by atoms with Gasteiger partial charge in [0, 0.05) is 33.1 Å². The minimum Gasteiger partial charge on any atom is -0.493 e. The highest BCUT2D eigenvalue weighted by Gasteiger charge is 2.17. The first-order valence-corrected chi connectivity index (χ1v) is 12.0. The highest BCUT2D eigenvalue weighted by Crippen LogP contribution is 2.17. The van der Waals surface area contributed by atoms with Crippen LogP contribution in [-0.4, -0.2) is 80.2 Å². The normalized spacial score (nSPS) is 11.6. The highest BCUT2D eigenvalue weighted by molar-refractivity contribution is 7.90. The molecule has 0 bridgehead atoms. The number of hydrogen-bond acceptors (Lipinski definition) is 8. The molecule has 0 N–H and O–H groups in total. The Morgan fingerprint density at radius 1 is 1.23 bits per heavy atom. The molecule has 2 aromatic rings. The van der Waals surface area contributed by atoms with Crippen molar-refractivity contribution in [3.8, 4) is 5.75 Å². The molecule has 0 aliphatic rings. The average Bonchev–Trinajstić information content (AvgIpc) is 3.19. The fourth-order valence-corrected chi connectivity index (χ4v) is 3.40. The van der Waals surface area contributed by atoms with E-state index in [1.165, 1.54) is 21.7 Å². The SMILES string of the molecule is CCOC(Cn1cc(C(=O)N(C)CCCOc2cccc(S(C)(=O)=O)c2)nn1)OCC. The van der Waals surface area contributed by atoms with Crippen LogP contribution in [0.4, 0.5) is 0 Å². The van der Waals surface area contributed by atoms with Crippen LogP contribution in [0, 0.1) is 0 Å². The summed E-state index contributed by atoms with van der Waals surface area (Å²) >= 11 is 0. The Morgan fingerprint density at radius 2 is 1.94 bits per heavy atom. The Balaban J connectivity index is 1.82. The first kappa shape index (κ1) is 24.8. The van der Waals surface area contributed by atoms with Crippen LogP contribution in [0.3, 0.4) is 0 Å². The third kappa shape index (κ3) is 7.93. The molecule has 0 fully saturated rings. The predicted octanol–water partition coefficient (Wildman–Crippen LogP) is 1.62. The number of carbonyl (C=O) groups is 1. The van der Waals surface area contributed by atoms with Crippen molar-refractivity contribution in [3.63, 3.8) is 0 Å². The van der Waals surface area contributed by atoms with Gasteiger partial charge >= 0.3 is 0 Å². The summed E-state index contributed by atoms with van der Waals surface area (Å²) in [5.41, 5.74) is 0.232. The van der Waals surface area contributed by atoms with Crippen LogP contribution >= 0.6 is 0 Å². The Kier molecular flexibility index (Phi) is 9.41. The Labute approximate surface area is 183 Å². The van der Waals surface area contributed by atoms with Crippen molar-refractivity contribution in [1.82, 2.24) is 19.9 Å². The van der Waals surface area contributed by atoms with Crippen LogP contribution in [-0.2, 0) is 25.9 Å². The van der Waals surface area contributed by atoms with Crippen LogP contribution in [0.5, 0.6) is 5.75 Å². The van der Waals surface area contributed by atoms with Crippen LogP contribution in [0.2, 0.25) is 0 Å². The van der Waals surface area contributed by atoms with Crippen molar-refractivity contribution in [2.24, 2.45) is 0 Å². The van der Waals surface area contributed by atoms with E-state index < -0.39 is 16.1 Å². The summed E-state index contributed by atoms with van der Waals surface area (Å²) in [5, 5.41) is 7.92. The number of nitrogens with zero attached hydrogens (tertiary/aromatic N) is 4. The zero-order chi connectivity index (χ0) is 22.9. The lowest BCUT2D eigenvalue weighted by atomic mass is 10.3. The quantitative estimate of drug-likeness (QED) is 0.331. The van der Waals surface area contributed by atoms with Crippen LogP contribution in [0.25, 0.3) is 0 Å². The van der Waals surface area contributed by atoms with E-state index >= 15 is 0 Å². The van der Waals surface area contributed by atoms with E-state index in [1.54, 1.807) is 25.4 Å². The van der Waals surface area contributed by atoms with Gasteiger partial charge in [-0.1, -0.05) is 11.3 Å². The second kappa shape index (κ2) is 11.8. The molecule has 1 aromatic heterocycles. The molecule has 11 heteroatoms. The predicted molar refractivity (Wildman–Crippen MR) is 114 cm³/mol. The molecular formula is C20H30N4O6S. The van der Waals surface area contributed by atoms with Crippen molar-refractivity contribution < 1.29 is 27.4 Å². The van der Waals surface area contributed by atoms with Gasteiger partial charge in [-0.3, -0.25) is 4.79 Å². The van der Waals surface area contributed by atoms with Gasteiger partial charge in [-0.2, -0.15) is 0 Å². The molecule has 1 aromatic carbocycles. The summed E-state index contributed by atoms with van der Waals surface area (Å²) in [5.74, 6) is 0.215. The number of amides is 1. The lowest BCUT2D eigenvalue weighted by Gasteiger charge is -2.16. The minimum atomic E-state index is -3.29. The molecule has 0 saturated carbocycles. The number of carbonyl (C=O) groups excluding carboxylic acids is 1. The lowest BCUT2D eigenvalue weighted by Crippen LogP contribution is -2.29. The zero-order valence-corrected chi connectivity index (χ0v) is 19.2. The maximum Gasteiger partial charge on any atom is 0.275 e. The molecule has 0 spiro atoms. The van der Waals surface area contributed by atoms with Crippen LogP contribution < -0.4 is 4.74 Å². The van der Waals surface area contributed by atoms with Gasteiger partial charge < -0.3 is 19.1 Å². The highest BCUT2D eigenvalue weighted by atomic mass is 32.2. The monoisotopic (exact) mass is 454 g/mol. The van der Waals surface area contributed by atoms with E-state index in [2.05, 4.69) is 10.3 Å². The summed E-state index contributed by atoms with van der Waals surface area (Å²) in [7, 11) is -1.61. The molecule has 0 unspecified atom stereocenters. The fraction of sp³-hybridized carbons (Fsp3) is 0.550. The topological polar surface area (TPSA) is 113 Å². The summed E-state index contributed by atoms with van der Waals surface area (Å²) in [6, 6.07) is 6.33. The third-order valence-corrected chi connectivity index (χ3v) is 5.40. The van der Waals surface area contributed by atoms with E-state index in [1.807, 2.05) is 13.8 Å². The number of ether oxygens (including phenoxy) is 3. The number of aromatic nitrogens is 3. The molecule has 0 aliphatic carbocycles. The van der Waals surface area contributed by atoms with Crippen molar-refractivity contribution >= 4 is 15.7 Å². The van der Waals surface area contributed by atoms with Gasteiger partial charge in [0.1, 0.15) is 5.75 Å². The van der Waals surface area contributed by atoms with Gasteiger partial charge in [-0.15, -0.1) is 5.10 Å². The first-order valence-electron chi connectivity index (χ1n) is 10.1. The largest absolute Gasteiger partial charge is 0.493 e. The molecule has 10 nitrogen and oxygen atoms in total. The number of benzene rings is 1. The fourth-order valence-electron chi connectivity index (χ4n) is 2.75. The zero-order valence-electron chi connectivity index (χ0n) is 18.4. The Morgan fingerprint density at radius 3 is 2.58 bits per heavy atom. The second-order valence-corrected chi connectivity index (χ2v) is 8.86. The summed E-state index contributed by atoms with van der Waals surface area (Å²) in [6.07, 6.45) is 2.83.